The van der Waals surface area contributed by atoms with Crippen molar-refractivity contribution in [1.82, 2.24) is 9.97 Å². The first-order valence-corrected chi connectivity index (χ1v) is 4.49. The summed E-state index contributed by atoms with van der Waals surface area (Å²) in [5, 5.41) is 0. The fraction of sp³-hybridized carbons (Fsp3) is 0.400. The average molecular weight is 194 g/mol. The predicted molar refractivity (Wildman–Crippen MR) is 53.8 cm³/mol. The summed E-state index contributed by atoms with van der Waals surface area (Å²) >= 11 is 0. The second-order valence-corrected chi connectivity index (χ2v) is 2.90. The van der Waals surface area contributed by atoms with E-state index in [1.54, 1.807) is 6.08 Å². The Morgan fingerprint density at radius 3 is 2.86 bits per heavy atom. The third-order valence-corrected chi connectivity index (χ3v) is 1.88. The summed E-state index contributed by atoms with van der Waals surface area (Å²) in [7, 11) is 1.35. The molecule has 0 spiro atoms. The van der Waals surface area contributed by atoms with Gasteiger partial charge in [0, 0.05) is 18.2 Å². The van der Waals surface area contributed by atoms with Gasteiger partial charge in [-0.2, -0.15) is 0 Å². The molecule has 0 bridgehead atoms. The summed E-state index contributed by atoms with van der Waals surface area (Å²) in [6.45, 7) is 3.94. The first-order chi connectivity index (χ1) is 6.67. The van der Waals surface area contributed by atoms with Crippen molar-refractivity contribution in [2.24, 2.45) is 0 Å². The highest BCUT2D eigenvalue weighted by atomic mass is 16.5. The van der Waals surface area contributed by atoms with E-state index in [2.05, 4.69) is 14.7 Å². The number of nitrogens with zero attached hydrogens (tertiary/aromatic N) is 1. The molecule has 0 saturated carbocycles. The number of aryl methyl sites for hydroxylation is 2. The van der Waals surface area contributed by atoms with Crippen LogP contribution >= 0.6 is 0 Å². The number of carbonyl (C=O) groups excluding carboxylic acids is 1. The largest absolute Gasteiger partial charge is 0.466 e. The van der Waals surface area contributed by atoms with E-state index < -0.39 is 0 Å². The number of methoxy groups -OCH3 is 1. The van der Waals surface area contributed by atoms with Gasteiger partial charge in [0.05, 0.1) is 12.8 Å². The number of hydrogen-bond acceptors (Lipinski definition) is 3. The molecule has 0 aliphatic carbocycles. The minimum absolute atomic E-state index is 0.370. The lowest BCUT2D eigenvalue weighted by atomic mass is 10.3. The van der Waals surface area contributed by atoms with Crippen molar-refractivity contribution in [3.8, 4) is 0 Å². The Hall–Kier alpha value is -1.58. The van der Waals surface area contributed by atoms with Crippen LogP contribution in [0.3, 0.4) is 0 Å². The van der Waals surface area contributed by atoms with Crippen LogP contribution in [0.15, 0.2) is 6.08 Å². The molecule has 0 amide bonds. The molecule has 0 saturated heterocycles. The van der Waals surface area contributed by atoms with Crippen LogP contribution in [-0.2, 0) is 16.0 Å². The summed E-state index contributed by atoms with van der Waals surface area (Å²) in [5.74, 6) is 0.553. The van der Waals surface area contributed by atoms with Crippen LogP contribution in [0.5, 0.6) is 0 Å². The second kappa shape index (κ2) is 4.60. The van der Waals surface area contributed by atoms with E-state index >= 15 is 0 Å². The van der Waals surface area contributed by atoms with E-state index in [1.165, 1.54) is 13.2 Å². The summed E-state index contributed by atoms with van der Waals surface area (Å²) in [6, 6.07) is 0. The smallest absolute Gasteiger partial charge is 0.330 e. The molecule has 1 aromatic heterocycles. The van der Waals surface area contributed by atoms with Gasteiger partial charge in [-0.3, -0.25) is 0 Å². The van der Waals surface area contributed by atoms with E-state index in [9.17, 15) is 4.79 Å². The van der Waals surface area contributed by atoms with Crippen molar-refractivity contribution in [3.63, 3.8) is 0 Å². The Morgan fingerprint density at radius 1 is 1.64 bits per heavy atom. The topological polar surface area (TPSA) is 55.0 Å². The summed E-state index contributed by atoms with van der Waals surface area (Å²) in [5.41, 5.74) is 1.74. The number of imidazole rings is 1. The van der Waals surface area contributed by atoms with Crippen LogP contribution in [0, 0.1) is 6.92 Å². The molecule has 4 heteroatoms. The van der Waals surface area contributed by atoms with Gasteiger partial charge in [-0.1, -0.05) is 6.92 Å². The SMILES string of the molecule is CCc1nc(C=CC(=O)OC)c(C)[nH]1. The number of H-pyrrole nitrogens is 1. The van der Waals surface area contributed by atoms with Gasteiger partial charge in [-0.15, -0.1) is 0 Å². The molecule has 0 atom stereocenters. The van der Waals surface area contributed by atoms with Gasteiger partial charge in [-0.05, 0) is 13.0 Å². The number of ether oxygens (including phenoxy) is 1. The van der Waals surface area contributed by atoms with Gasteiger partial charge in [0.2, 0.25) is 0 Å². The molecule has 0 aromatic carbocycles. The van der Waals surface area contributed by atoms with Crippen molar-refractivity contribution in [1.29, 1.82) is 0 Å². The number of aromatic amines is 1. The third kappa shape index (κ3) is 2.45. The lowest BCUT2D eigenvalue weighted by molar-refractivity contribution is -0.134. The maximum Gasteiger partial charge on any atom is 0.330 e. The highest BCUT2D eigenvalue weighted by molar-refractivity contribution is 5.86. The molecule has 0 unspecified atom stereocenters. The number of aromatic nitrogens is 2. The molecule has 0 aliphatic rings. The zero-order valence-electron chi connectivity index (χ0n) is 8.63. The molecule has 0 radical (unpaired) electrons. The van der Waals surface area contributed by atoms with E-state index in [0.29, 0.717) is 0 Å². The van der Waals surface area contributed by atoms with Crippen LogP contribution < -0.4 is 0 Å². The highest BCUT2D eigenvalue weighted by Gasteiger charge is 2.02. The minimum Gasteiger partial charge on any atom is -0.466 e. The van der Waals surface area contributed by atoms with Crippen LogP contribution in [0.1, 0.15) is 24.1 Å². The Morgan fingerprint density at radius 2 is 2.36 bits per heavy atom. The quantitative estimate of drug-likeness (QED) is 0.585. The number of rotatable bonds is 3. The lowest BCUT2D eigenvalue weighted by Crippen LogP contribution is -1.93. The molecule has 1 N–H and O–H groups in total. The Labute approximate surface area is 83.0 Å². The van der Waals surface area contributed by atoms with Crippen LogP contribution in [0.4, 0.5) is 0 Å². The standard InChI is InChI=1S/C10H14N2O2/c1-4-9-11-7(2)8(12-9)5-6-10(13)14-3/h5-6H,4H2,1-3H3,(H,11,12). The van der Waals surface area contributed by atoms with E-state index in [1.807, 2.05) is 13.8 Å². The second-order valence-electron chi connectivity index (χ2n) is 2.90. The summed E-state index contributed by atoms with van der Waals surface area (Å²) < 4.78 is 4.48. The first kappa shape index (κ1) is 10.5. The molecule has 76 valence electrons. The fourth-order valence-corrected chi connectivity index (χ4v) is 1.08. The molecule has 14 heavy (non-hydrogen) atoms. The van der Waals surface area contributed by atoms with Crippen molar-refractivity contribution in [3.05, 3.63) is 23.3 Å². The number of nitrogens with one attached hydrogen (secondary N) is 1. The monoisotopic (exact) mass is 194 g/mol. The zero-order valence-corrected chi connectivity index (χ0v) is 8.63. The molecule has 4 nitrogen and oxygen atoms in total. The van der Waals surface area contributed by atoms with E-state index in [0.717, 1.165) is 23.6 Å². The number of hydrogen-bond donors (Lipinski definition) is 1. The molecular weight excluding hydrogens is 180 g/mol. The van der Waals surface area contributed by atoms with Gasteiger partial charge in [0.1, 0.15) is 5.82 Å². The number of carbonyl (C=O) groups is 1. The first-order valence-electron chi connectivity index (χ1n) is 4.49. The molecule has 1 rings (SSSR count). The number of esters is 1. The highest BCUT2D eigenvalue weighted by Crippen LogP contribution is 2.07. The van der Waals surface area contributed by atoms with Gasteiger partial charge in [0.15, 0.2) is 0 Å². The van der Waals surface area contributed by atoms with Gasteiger partial charge in [0.25, 0.3) is 0 Å². The molecule has 1 heterocycles. The fourth-order valence-electron chi connectivity index (χ4n) is 1.08. The molecule has 0 fully saturated rings. The average Bonchev–Trinajstić information content (AvgIpc) is 2.55. The van der Waals surface area contributed by atoms with Gasteiger partial charge in [-0.25, -0.2) is 9.78 Å². The summed E-state index contributed by atoms with van der Waals surface area (Å²) in [6.07, 6.45) is 3.87. The van der Waals surface area contributed by atoms with E-state index in [4.69, 9.17) is 0 Å². The normalized spacial score (nSPS) is 10.8. The van der Waals surface area contributed by atoms with Crippen molar-refractivity contribution in [2.45, 2.75) is 20.3 Å². The van der Waals surface area contributed by atoms with E-state index in [-0.39, 0.29) is 5.97 Å². The molecule has 1 aromatic rings. The predicted octanol–water partition coefficient (Wildman–Crippen LogP) is 1.47. The van der Waals surface area contributed by atoms with Crippen molar-refractivity contribution < 1.29 is 9.53 Å². The lowest BCUT2D eigenvalue weighted by Gasteiger charge is -1.89. The minimum atomic E-state index is -0.370. The van der Waals surface area contributed by atoms with Crippen molar-refractivity contribution in [2.75, 3.05) is 7.11 Å². The molecule has 0 aliphatic heterocycles. The van der Waals surface area contributed by atoms with Crippen LogP contribution in [-0.4, -0.2) is 23.0 Å². The zero-order chi connectivity index (χ0) is 10.6. The molecular formula is C10H14N2O2. The third-order valence-electron chi connectivity index (χ3n) is 1.88. The summed E-state index contributed by atoms with van der Waals surface area (Å²) in [4.78, 5) is 18.2. The van der Waals surface area contributed by atoms with Crippen LogP contribution in [0.25, 0.3) is 6.08 Å². The Balaban J connectivity index is 2.80. The maximum absolute atomic E-state index is 10.8. The van der Waals surface area contributed by atoms with Gasteiger partial charge < -0.3 is 9.72 Å². The Bertz CT molecular complexity index is 353. The maximum atomic E-state index is 10.8. The Kier molecular flexibility index (Phi) is 3.45. The van der Waals surface area contributed by atoms with Crippen LogP contribution in [0.2, 0.25) is 0 Å². The van der Waals surface area contributed by atoms with Crippen molar-refractivity contribution >= 4 is 12.0 Å². The van der Waals surface area contributed by atoms with Gasteiger partial charge >= 0.3 is 5.97 Å².